The summed E-state index contributed by atoms with van der Waals surface area (Å²) in [5, 5.41) is 8.47. The van der Waals surface area contributed by atoms with Crippen LogP contribution < -0.4 is 0 Å². The number of amides is 1. The van der Waals surface area contributed by atoms with Gasteiger partial charge < -0.3 is 14.2 Å². The predicted molar refractivity (Wildman–Crippen MR) is 102 cm³/mol. The molecule has 4 rings (SSSR count). The van der Waals surface area contributed by atoms with Crippen LogP contribution in [0.15, 0.2) is 10.6 Å². The minimum atomic E-state index is 0.0779. The zero-order valence-corrected chi connectivity index (χ0v) is 16.8. The van der Waals surface area contributed by atoms with Crippen LogP contribution in [-0.4, -0.2) is 57.0 Å². The number of carbonyl (C=O) groups is 1. The molecule has 2 aliphatic rings. The first-order valence-corrected chi connectivity index (χ1v) is 10.3. The summed E-state index contributed by atoms with van der Waals surface area (Å²) in [5.74, 6) is 2.42. The molecule has 28 heavy (non-hydrogen) atoms. The lowest BCUT2D eigenvalue weighted by Crippen LogP contribution is -2.40. The molecule has 2 aliphatic heterocycles. The molecule has 1 unspecified atom stereocenters. The van der Waals surface area contributed by atoms with Gasteiger partial charge in [0, 0.05) is 45.7 Å². The first kappa shape index (κ1) is 19.1. The smallest absolute Gasteiger partial charge is 0.272 e. The molecule has 2 fully saturated rings. The first-order valence-electron chi connectivity index (χ1n) is 10.3. The third-order valence-electron chi connectivity index (χ3n) is 5.86. The molecule has 0 bridgehead atoms. The van der Waals surface area contributed by atoms with Crippen LogP contribution in [0.1, 0.15) is 65.9 Å². The fourth-order valence-corrected chi connectivity index (χ4v) is 4.27. The largest absolute Gasteiger partial charge is 0.381 e. The van der Waals surface area contributed by atoms with E-state index in [0.717, 1.165) is 82.2 Å². The van der Waals surface area contributed by atoms with Crippen LogP contribution in [0.5, 0.6) is 0 Å². The number of aryl methyl sites for hydroxylation is 3. The van der Waals surface area contributed by atoms with Gasteiger partial charge in [0.2, 0.25) is 5.89 Å². The molecule has 1 amide bonds. The molecule has 152 valence electrons. The zero-order valence-electron chi connectivity index (χ0n) is 16.8. The number of ether oxygens (including phenoxy) is 1. The van der Waals surface area contributed by atoms with Crippen LogP contribution in [-0.2, 0) is 18.2 Å². The Balaban J connectivity index is 1.31. The van der Waals surface area contributed by atoms with E-state index in [4.69, 9.17) is 9.26 Å². The highest BCUT2D eigenvalue weighted by molar-refractivity contribution is 5.92. The standard InChI is InChI=1S/C20H29N5O3/c1-14-12-17(24(2)22-14)20(26)25-9-3-4-15(13-25)5-6-18-21-19(28-23-18)16-7-10-27-11-8-16/h12,15-16H,3-11,13H2,1-2H3. The van der Waals surface area contributed by atoms with Crippen molar-refractivity contribution in [3.8, 4) is 0 Å². The third kappa shape index (κ3) is 4.27. The number of aromatic nitrogens is 4. The molecule has 4 heterocycles. The summed E-state index contributed by atoms with van der Waals surface area (Å²) in [6.45, 7) is 5.05. The van der Waals surface area contributed by atoms with Crippen LogP contribution in [0.3, 0.4) is 0 Å². The van der Waals surface area contributed by atoms with E-state index < -0.39 is 0 Å². The van der Waals surface area contributed by atoms with E-state index in [-0.39, 0.29) is 5.91 Å². The van der Waals surface area contributed by atoms with E-state index in [1.807, 2.05) is 24.9 Å². The lowest BCUT2D eigenvalue weighted by molar-refractivity contribution is 0.0657. The molecule has 0 radical (unpaired) electrons. The maximum atomic E-state index is 12.8. The van der Waals surface area contributed by atoms with Crippen molar-refractivity contribution in [1.29, 1.82) is 0 Å². The average Bonchev–Trinajstić information content (AvgIpc) is 3.33. The van der Waals surface area contributed by atoms with Crippen LogP contribution in [0, 0.1) is 12.8 Å². The Morgan fingerprint density at radius 3 is 2.86 bits per heavy atom. The van der Waals surface area contributed by atoms with Gasteiger partial charge in [-0.05, 0) is 51.0 Å². The van der Waals surface area contributed by atoms with Gasteiger partial charge in [-0.1, -0.05) is 5.16 Å². The Kier molecular flexibility index (Phi) is 5.75. The van der Waals surface area contributed by atoms with Gasteiger partial charge in [0.25, 0.3) is 5.91 Å². The summed E-state index contributed by atoms with van der Waals surface area (Å²) >= 11 is 0. The van der Waals surface area contributed by atoms with E-state index in [1.54, 1.807) is 4.68 Å². The maximum absolute atomic E-state index is 12.8. The monoisotopic (exact) mass is 387 g/mol. The highest BCUT2D eigenvalue weighted by Crippen LogP contribution is 2.26. The van der Waals surface area contributed by atoms with E-state index in [0.29, 0.717) is 17.5 Å². The maximum Gasteiger partial charge on any atom is 0.272 e. The minimum absolute atomic E-state index is 0.0779. The topological polar surface area (TPSA) is 86.3 Å². The van der Waals surface area contributed by atoms with Crippen molar-refractivity contribution in [3.05, 3.63) is 29.2 Å². The molecule has 0 N–H and O–H groups in total. The highest BCUT2D eigenvalue weighted by atomic mass is 16.5. The van der Waals surface area contributed by atoms with Crippen LogP contribution >= 0.6 is 0 Å². The van der Waals surface area contributed by atoms with Crippen molar-refractivity contribution in [2.75, 3.05) is 26.3 Å². The summed E-state index contributed by atoms with van der Waals surface area (Å²) in [6.07, 6.45) is 5.85. The molecule has 0 aromatic carbocycles. The molecule has 2 aromatic rings. The molecular weight excluding hydrogens is 358 g/mol. The molecule has 2 saturated heterocycles. The Morgan fingerprint density at radius 1 is 1.29 bits per heavy atom. The molecule has 8 nitrogen and oxygen atoms in total. The number of nitrogens with zero attached hydrogens (tertiary/aromatic N) is 5. The van der Waals surface area contributed by atoms with Gasteiger partial charge in [0.1, 0.15) is 5.69 Å². The second-order valence-corrected chi connectivity index (χ2v) is 8.03. The average molecular weight is 387 g/mol. The van der Waals surface area contributed by atoms with E-state index in [1.165, 1.54) is 0 Å². The lowest BCUT2D eigenvalue weighted by Gasteiger charge is -2.32. The number of likely N-dealkylation sites (tertiary alicyclic amines) is 1. The predicted octanol–water partition coefficient (Wildman–Crippen LogP) is 2.49. The Labute approximate surface area is 165 Å². The number of hydrogen-bond acceptors (Lipinski definition) is 6. The second kappa shape index (κ2) is 8.43. The van der Waals surface area contributed by atoms with Crippen molar-refractivity contribution >= 4 is 5.91 Å². The van der Waals surface area contributed by atoms with Gasteiger partial charge in [0.15, 0.2) is 5.82 Å². The normalized spacial score (nSPS) is 21.2. The summed E-state index contributed by atoms with van der Waals surface area (Å²) < 4.78 is 12.6. The fourth-order valence-electron chi connectivity index (χ4n) is 4.27. The van der Waals surface area contributed by atoms with E-state index in [9.17, 15) is 4.79 Å². The number of rotatable bonds is 5. The van der Waals surface area contributed by atoms with Gasteiger partial charge in [-0.15, -0.1) is 0 Å². The second-order valence-electron chi connectivity index (χ2n) is 8.03. The van der Waals surface area contributed by atoms with Crippen LogP contribution in [0.2, 0.25) is 0 Å². The fraction of sp³-hybridized carbons (Fsp3) is 0.700. The van der Waals surface area contributed by atoms with E-state index in [2.05, 4.69) is 15.2 Å². The number of piperidine rings is 1. The van der Waals surface area contributed by atoms with Crippen molar-refractivity contribution < 1.29 is 14.1 Å². The van der Waals surface area contributed by atoms with Crippen molar-refractivity contribution in [1.82, 2.24) is 24.8 Å². The Morgan fingerprint density at radius 2 is 2.11 bits per heavy atom. The van der Waals surface area contributed by atoms with Crippen LogP contribution in [0.25, 0.3) is 0 Å². The van der Waals surface area contributed by atoms with Crippen molar-refractivity contribution in [2.45, 2.75) is 51.4 Å². The highest BCUT2D eigenvalue weighted by Gasteiger charge is 2.27. The molecule has 1 atom stereocenters. The van der Waals surface area contributed by atoms with Crippen molar-refractivity contribution in [2.24, 2.45) is 13.0 Å². The Hall–Kier alpha value is -2.22. The molecule has 8 heteroatoms. The van der Waals surface area contributed by atoms with Gasteiger partial charge in [-0.3, -0.25) is 9.48 Å². The molecule has 0 aliphatic carbocycles. The zero-order chi connectivity index (χ0) is 19.5. The summed E-state index contributed by atoms with van der Waals surface area (Å²) in [4.78, 5) is 19.4. The van der Waals surface area contributed by atoms with Gasteiger partial charge in [0.05, 0.1) is 5.69 Å². The number of hydrogen-bond donors (Lipinski definition) is 0. The lowest BCUT2D eigenvalue weighted by atomic mass is 9.93. The van der Waals surface area contributed by atoms with Crippen LogP contribution in [0.4, 0.5) is 0 Å². The SMILES string of the molecule is Cc1cc(C(=O)N2CCCC(CCc3noc(C4CCOCC4)n3)C2)n(C)n1. The summed E-state index contributed by atoms with van der Waals surface area (Å²) in [5.41, 5.74) is 1.54. The van der Waals surface area contributed by atoms with Crippen molar-refractivity contribution in [3.63, 3.8) is 0 Å². The molecular formula is C20H29N5O3. The molecule has 2 aromatic heterocycles. The molecule has 0 spiro atoms. The van der Waals surface area contributed by atoms with Gasteiger partial charge in [-0.2, -0.15) is 10.1 Å². The minimum Gasteiger partial charge on any atom is -0.381 e. The third-order valence-corrected chi connectivity index (χ3v) is 5.86. The number of carbonyl (C=O) groups excluding carboxylic acids is 1. The quantitative estimate of drug-likeness (QED) is 0.783. The summed E-state index contributed by atoms with van der Waals surface area (Å²) in [7, 11) is 1.83. The Bertz CT molecular complexity index is 809. The van der Waals surface area contributed by atoms with E-state index >= 15 is 0 Å². The summed E-state index contributed by atoms with van der Waals surface area (Å²) in [6, 6.07) is 1.86. The molecule has 0 saturated carbocycles. The van der Waals surface area contributed by atoms with Gasteiger partial charge in [-0.25, -0.2) is 0 Å². The van der Waals surface area contributed by atoms with Gasteiger partial charge >= 0.3 is 0 Å². The first-order chi connectivity index (χ1) is 13.6.